The van der Waals surface area contributed by atoms with E-state index in [9.17, 15) is 9.90 Å². The minimum absolute atomic E-state index is 0.0562. The maximum Gasteiger partial charge on any atom is 0.343 e. The van der Waals surface area contributed by atoms with Gasteiger partial charge in [0, 0.05) is 0 Å². The molecule has 4 heteroatoms. The topological polar surface area (TPSA) is 70.3 Å². The number of carbonyl (C=O) groups excluding carboxylic acids is 1. The molecule has 78 valence electrons. The largest absolute Gasteiger partial charge is 0.507 e. The zero-order valence-corrected chi connectivity index (χ0v) is 8.57. The third-order valence-corrected chi connectivity index (χ3v) is 2.15. The number of nitrogens with zero attached hydrogens (tertiary/aromatic N) is 1. The average Bonchev–Trinajstić information content (AvgIpc) is 2.27. The standard InChI is InChI=1S/C11H11NO3/c1-3-7-4-5-9(13)10(8(7)6-12)11(14)15-2/h4-5,13H,3H2,1-2H3. The maximum absolute atomic E-state index is 11.3. The van der Waals surface area contributed by atoms with Gasteiger partial charge in [0.25, 0.3) is 0 Å². The van der Waals surface area contributed by atoms with E-state index in [0.29, 0.717) is 6.42 Å². The first-order valence-electron chi connectivity index (χ1n) is 4.49. The predicted molar refractivity (Wildman–Crippen MR) is 53.5 cm³/mol. The van der Waals surface area contributed by atoms with E-state index in [2.05, 4.69) is 4.74 Å². The molecule has 0 atom stereocenters. The number of aromatic hydroxyl groups is 1. The van der Waals surface area contributed by atoms with Crippen LogP contribution in [0.15, 0.2) is 12.1 Å². The molecule has 4 nitrogen and oxygen atoms in total. The molecule has 1 N–H and O–H groups in total. The SMILES string of the molecule is CCc1ccc(O)c(C(=O)OC)c1C#N. The van der Waals surface area contributed by atoms with Crippen LogP contribution in [-0.2, 0) is 11.2 Å². The second kappa shape index (κ2) is 4.47. The molecule has 0 saturated carbocycles. The summed E-state index contributed by atoms with van der Waals surface area (Å²) in [5.41, 5.74) is 0.847. The Labute approximate surface area is 87.7 Å². The van der Waals surface area contributed by atoms with E-state index in [1.165, 1.54) is 13.2 Å². The Kier molecular flexibility index (Phi) is 3.29. The number of benzene rings is 1. The molecule has 0 saturated heterocycles. The zero-order chi connectivity index (χ0) is 11.4. The molecule has 0 aliphatic carbocycles. The number of phenolic OH excluding ortho intramolecular Hbond substituents is 1. The monoisotopic (exact) mass is 205 g/mol. The molecule has 0 bridgehead atoms. The molecule has 0 unspecified atom stereocenters. The number of rotatable bonds is 2. The van der Waals surface area contributed by atoms with Gasteiger partial charge in [-0.3, -0.25) is 0 Å². The molecular formula is C11H11NO3. The Morgan fingerprint density at radius 2 is 2.27 bits per heavy atom. The molecular weight excluding hydrogens is 194 g/mol. The fourth-order valence-corrected chi connectivity index (χ4v) is 1.37. The molecule has 0 amide bonds. The summed E-state index contributed by atoms with van der Waals surface area (Å²) in [5, 5.41) is 18.4. The number of aryl methyl sites for hydroxylation is 1. The van der Waals surface area contributed by atoms with Crippen molar-refractivity contribution in [2.24, 2.45) is 0 Å². The Balaban J connectivity index is 3.47. The second-order valence-electron chi connectivity index (χ2n) is 2.95. The second-order valence-corrected chi connectivity index (χ2v) is 2.95. The van der Waals surface area contributed by atoms with E-state index in [1.54, 1.807) is 6.07 Å². The summed E-state index contributed by atoms with van der Waals surface area (Å²) < 4.78 is 4.51. The van der Waals surface area contributed by atoms with Crippen molar-refractivity contribution in [2.45, 2.75) is 13.3 Å². The fourth-order valence-electron chi connectivity index (χ4n) is 1.37. The smallest absolute Gasteiger partial charge is 0.343 e. The first-order chi connectivity index (χ1) is 7.15. The van der Waals surface area contributed by atoms with Crippen molar-refractivity contribution in [1.82, 2.24) is 0 Å². The van der Waals surface area contributed by atoms with Crippen molar-refractivity contribution in [1.29, 1.82) is 5.26 Å². The fraction of sp³-hybridized carbons (Fsp3) is 0.273. The van der Waals surface area contributed by atoms with E-state index in [4.69, 9.17) is 5.26 Å². The first-order valence-corrected chi connectivity index (χ1v) is 4.49. The minimum atomic E-state index is -0.695. The van der Waals surface area contributed by atoms with E-state index in [0.717, 1.165) is 5.56 Å². The van der Waals surface area contributed by atoms with Gasteiger partial charge in [0.1, 0.15) is 17.4 Å². The lowest BCUT2D eigenvalue weighted by Gasteiger charge is -2.08. The van der Waals surface area contributed by atoms with Crippen molar-refractivity contribution in [2.75, 3.05) is 7.11 Å². The summed E-state index contributed by atoms with van der Waals surface area (Å²) in [4.78, 5) is 11.3. The van der Waals surface area contributed by atoms with Crippen LogP contribution in [0, 0.1) is 11.3 Å². The molecule has 0 aromatic heterocycles. The molecule has 0 heterocycles. The van der Waals surface area contributed by atoms with Crippen LogP contribution in [0.2, 0.25) is 0 Å². The molecule has 0 radical (unpaired) electrons. The number of ether oxygens (including phenoxy) is 1. The lowest BCUT2D eigenvalue weighted by atomic mass is 9.99. The van der Waals surface area contributed by atoms with Gasteiger partial charge in [0.05, 0.1) is 12.7 Å². The van der Waals surface area contributed by atoms with Crippen molar-refractivity contribution in [3.8, 4) is 11.8 Å². The van der Waals surface area contributed by atoms with Crippen LogP contribution in [0.3, 0.4) is 0 Å². The van der Waals surface area contributed by atoms with Gasteiger partial charge in [0.15, 0.2) is 0 Å². The number of hydrogen-bond donors (Lipinski definition) is 1. The first kappa shape index (κ1) is 11.1. The van der Waals surface area contributed by atoms with Crippen LogP contribution in [-0.4, -0.2) is 18.2 Å². The molecule has 1 aromatic rings. The van der Waals surface area contributed by atoms with Gasteiger partial charge in [-0.15, -0.1) is 0 Å². The van der Waals surface area contributed by atoms with Crippen LogP contribution < -0.4 is 0 Å². The van der Waals surface area contributed by atoms with Gasteiger partial charge in [-0.05, 0) is 18.1 Å². The Bertz CT molecular complexity index is 432. The predicted octanol–water partition coefficient (Wildman–Crippen LogP) is 1.61. The average molecular weight is 205 g/mol. The number of carbonyl (C=O) groups is 1. The van der Waals surface area contributed by atoms with Crippen molar-refractivity contribution in [3.63, 3.8) is 0 Å². The van der Waals surface area contributed by atoms with Gasteiger partial charge in [-0.1, -0.05) is 13.0 Å². The quantitative estimate of drug-likeness (QED) is 0.744. The molecule has 0 aliphatic heterocycles. The zero-order valence-electron chi connectivity index (χ0n) is 8.57. The van der Waals surface area contributed by atoms with Crippen molar-refractivity contribution >= 4 is 5.97 Å². The van der Waals surface area contributed by atoms with Crippen LogP contribution in [0.25, 0.3) is 0 Å². The summed E-state index contributed by atoms with van der Waals surface area (Å²) in [6, 6.07) is 4.93. The van der Waals surface area contributed by atoms with E-state index in [-0.39, 0.29) is 16.9 Å². The third-order valence-electron chi connectivity index (χ3n) is 2.15. The van der Waals surface area contributed by atoms with E-state index < -0.39 is 5.97 Å². The molecule has 15 heavy (non-hydrogen) atoms. The molecule has 1 aromatic carbocycles. The van der Waals surface area contributed by atoms with Crippen molar-refractivity contribution in [3.05, 3.63) is 28.8 Å². The van der Waals surface area contributed by atoms with Crippen LogP contribution in [0.1, 0.15) is 28.4 Å². The van der Waals surface area contributed by atoms with Gasteiger partial charge in [-0.2, -0.15) is 5.26 Å². The van der Waals surface area contributed by atoms with Gasteiger partial charge < -0.3 is 9.84 Å². The van der Waals surface area contributed by atoms with Gasteiger partial charge >= 0.3 is 5.97 Å². The molecule has 0 fully saturated rings. The number of phenols is 1. The van der Waals surface area contributed by atoms with Gasteiger partial charge in [0.2, 0.25) is 0 Å². The van der Waals surface area contributed by atoms with E-state index in [1.807, 2.05) is 13.0 Å². The normalized spacial score (nSPS) is 9.40. The third kappa shape index (κ3) is 1.91. The Morgan fingerprint density at radius 1 is 1.60 bits per heavy atom. The molecule has 0 aliphatic rings. The van der Waals surface area contributed by atoms with Crippen molar-refractivity contribution < 1.29 is 14.6 Å². The Morgan fingerprint density at radius 3 is 2.73 bits per heavy atom. The van der Waals surface area contributed by atoms with Crippen LogP contribution in [0.4, 0.5) is 0 Å². The lowest BCUT2D eigenvalue weighted by molar-refractivity contribution is 0.0597. The number of nitriles is 1. The van der Waals surface area contributed by atoms with Crippen LogP contribution in [0.5, 0.6) is 5.75 Å². The molecule has 0 spiro atoms. The van der Waals surface area contributed by atoms with E-state index >= 15 is 0 Å². The highest BCUT2D eigenvalue weighted by Crippen LogP contribution is 2.25. The number of methoxy groups -OCH3 is 1. The highest BCUT2D eigenvalue weighted by Gasteiger charge is 2.19. The summed E-state index contributed by atoms with van der Waals surface area (Å²) in [6.45, 7) is 1.87. The highest BCUT2D eigenvalue weighted by molar-refractivity contribution is 5.95. The summed E-state index contributed by atoms with van der Waals surface area (Å²) in [5.74, 6) is -0.921. The maximum atomic E-state index is 11.3. The summed E-state index contributed by atoms with van der Waals surface area (Å²) in [7, 11) is 1.21. The summed E-state index contributed by atoms with van der Waals surface area (Å²) >= 11 is 0. The Hall–Kier alpha value is -2.02. The minimum Gasteiger partial charge on any atom is -0.507 e. The number of esters is 1. The lowest BCUT2D eigenvalue weighted by Crippen LogP contribution is -2.06. The number of hydrogen-bond acceptors (Lipinski definition) is 4. The highest BCUT2D eigenvalue weighted by atomic mass is 16.5. The summed E-state index contributed by atoms with van der Waals surface area (Å²) in [6.07, 6.45) is 0.618. The van der Waals surface area contributed by atoms with Gasteiger partial charge in [-0.25, -0.2) is 4.79 Å². The molecule has 1 rings (SSSR count). The van der Waals surface area contributed by atoms with Crippen LogP contribution >= 0.6 is 0 Å².